The number of carbonyl (C=O) groups excluding carboxylic acids is 2. The Morgan fingerprint density at radius 3 is 2.95 bits per heavy atom. The Morgan fingerprint density at radius 1 is 1.53 bits per heavy atom. The number of amides is 2. The van der Waals surface area contributed by atoms with Gasteiger partial charge in [-0.25, -0.2) is 4.79 Å². The van der Waals surface area contributed by atoms with Gasteiger partial charge in [0.05, 0.1) is 12.5 Å². The van der Waals surface area contributed by atoms with Crippen LogP contribution in [0.25, 0.3) is 0 Å². The van der Waals surface area contributed by atoms with Gasteiger partial charge >= 0.3 is 12.0 Å². The van der Waals surface area contributed by atoms with E-state index < -0.39 is 6.03 Å². The van der Waals surface area contributed by atoms with Crippen molar-refractivity contribution in [3.05, 3.63) is 21.9 Å². The molecule has 2 atom stereocenters. The summed E-state index contributed by atoms with van der Waals surface area (Å²) in [5.41, 5.74) is 4.92. The summed E-state index contributed by atoms with van der Waals surface area (Å²) in [6.07, 6.45) is 1.47. The molecule has 104 valence electrons. The molecule has 1 heterocycles. The Balaban J connectivity index is 1.64. The van der Waals surface area contributed by atoms with E-state index in [9.17, 15) is 9.59 Å². The Morgan fingerprint density at radius 2 is 2.32 bits per heavy atom. The fourth-order valence-corrected chi connectivity index (χ4v) is 3.04. The van der Waals surface area contributed by atoms with Crippen LogP contribution in [0.2, 0.25) is 0 Å². The summed E-state index contributed by atoms with van der Waals surface area (Å²) in [7, 11) is 0. The predicted molar refractivity (Wildman–Crippen MR) is 73.1 cm³/mol. The molecule has 0 saturated heterocycles. The number of thiophene rings is 1. The van der Waals surface area contributed by atoms with Crippen LogP contribution >= 0.6 is 11.3 Å². The zero-order valence-electron chi connectivity index (χ0n) is 10.8. The molecule has 1 aromatic rings. The lowest BCUT2D eigenvalue weighted by molar-refractivity contribution is -0.145. The van der Waals surface area contributed by atoms with Crippen LogP contribution in [0.4, 0.5) is 4.79 Å². The van der Waals surface area contributed by atoms with Crippen LogP contribution < -0.4 is 11.1 Å². The summed E-state index contributed by atoms with van der Waals surface area (Å²) in [4.78, 5) is 24.7. The zero-order chi connectivity index (χ0) is 13.8. The van der Waals surface area contributed by atoms with Crippen molar-refractivity contribution >= 4 is 23.3 Å². The van der Waals surface area contributed by atoms with Gasteiger partial charge in [-0.15, -0.1) is 11.3 Å². The maximum atomic E-state index is 11.8. The van der Waals surface area contributed by atoms with E-state index in [1.165, 1.54) is 9.75 Å². The first-order valence-electron chi connectivity index (χ1n) is 6.34. The molecule has 1 saturated carbocycles. The maximum absolute atomic E-state index is 11.8. The number of rotatable bonds is 6. The van der Waals surface area contributed by atoms with E-state index in [0.29, 0.717) is 25.5 Å². The second-order valence-electron chi connectivity index (χ2n) is 4.71. The monoisotopic (exact) mass is 282 g/mol. The summed E-state index contributed by atoms with van der Waals surface area (Å²) in [6.45, 7) is 2.82. The highest BCUT2D eigenvalue weighted by molar-refractivity contribution is 7.12. The summed E-state index contributed by atoms with van der Waals surface area (Å²) >= 11 is 1.75. The second kappa shape index (κ2) is 6.06. The van der Waals surface area contributed by atoms with Gasteiger partial charge in [0.2, 0.25) is 0 Å². The molecule has 2 amide bonds. The number of ether oxygens (including phenoxy) is 1. The van der Waals surface area contributed by atoms with Crippen molar-refractivity contribution in [3.63, 3.8) is 0 Å². The molecular formula is C13H18N2O3S. The second-order valence-corrected chi connectivity index (χ2v) is 6.03. The molecule has 19 heavy (non-hydrogen) atoms. The van der Waals surface area contributed by atoms with Crippen LogP contribution in [0.5, 0.6) is 0 Å². The Labute approximate surface area is 116 Å². The third kappa shape index (κ3) is 3.96. The standard InChI is InChI=1S/C13H18N2O3S/c1-8-3-4-11(19-8)9-7-10(9)12(16)18-6-2-5-15-13(14)17/h3-4,9-10H,2,5-7H2,1H3,(H3,14,15,17)/t9-,10+/m0/s1. The summed E-state index contributed by atoms with van der Waals surface area (Å²) < 4.78 is 5.18. The van der Waals surface area contributed by atoms with Crippen LogP contribution in [-0.2, 0) is 9.53 Å². The number of nitrogens with one attached hydrogen (secondary N) is 1. The third-order valence-corrected chi connectivity index (χ3v) is 4.22. The first-order chi connectivity index (χ1) is 9.08. The number of urea groups is 1. The van der Waals surface area contributed by atoms with Gasteiger partial charge in [0.25, 0.3) is 0 Å². The van der Waals surface area contributed by atoms with E-state index >= 15 is 0 Å². The molecule has 1 fully saturated rings. The number of nitrogens with two attached hydrogens (primary N) is 1. The number of hydrogen-bond donors (Lipinski definition) is 2. The van der Waals surface area contributed by atoms with Crippen LogP contribution in [0, 0.1) is 12.8 Å². The van der Waals surface area contributed by atoms with Crippen molar-refractivity contribution < 1.29 is 14.3 Å². The zero-order valence-corrected chi connectivity index (χ0v) is 11.7. The van der Waals surface area contributed by atoms with Crippen LogP contribution in [-0.4, -0.2) is 25.2 Å². The van der Waals surface area contributed by atoms with Crippen molar-refractivity contribution in [1.82, 2.24) is 5.32 Å². The molecule has 0 radical (unpaired) electrons. The van der Waals surface area contributed by atoms with Crippen molar-refractivity contribution in [3.8, 4) is 0 Å². The topological polar surface area (TPSA) is 81.4 Å². The molecule has 6 heteroatoms. The molecule has 0 aromatic carbocycles. The van der Waals surface area contributed by atoms with Gasteiger partial charge in [-0.1, -0.05) is 0 Å². The van der Waals surface area contributed by atoms with Crippen molar-refractivity contribution in [2.45, 2.75) is 25.7 Å². The highest BCUT2D eigenvalue weighted by atomic mass is 32.1. The Kier molecular flexibility index (Phi) is 4.42. The minimum Gasteiger partial charge on any atom is -0.465 e. The van der Waals surface area contributed by atoms with Crippen molar-refractivity contribution in [1.29, 1.82) is 0 Å². The minimum absolute atomic E-state index is 0.0159. The van der Waals surface area contributed by atoms with Gasteiger partial charge in [-0.3, -0.25) is 4.79 Å². The Hall–Kier alpha value is -1.56. The predicted octanol–water partition coefficient (Wildman–Crippen LogP) is 1.76. The molecule has 0 unspecified atom stereocenters. The largest absolute Gasteiger partial charge is 0.465 e. The molecule has 1 aliphatic rings. The van der Waals surface area contributed by atoms with Crippen molar-refractivity contribution in [2.75, 3.05) is 13.2 Å². The highest BCUT2D eigenvalue weighted by Crippen LogP contribution is 2.50. The van der Waals surface area contributed by atoms with Crippen LogP contribution in [0.3, 0.4) is 0 Å². The van der Waals surface area contributed by atoms with E-state index in [4.69, 9.17) is 10.5 Å². The van der Waals surface area contributed by atoms with Gasteiger partial charge in [0.15, 0.2) is 0 Å². The van der Waals surface area contributed by atoms with E-state index in [2.05, 4.69) is 24.4 Å². The first kappa shape index (κ1) is 13.9. The van der Waals surface area contributed by atoms with E-state index in [1.807, 2.05) is 0 Å². The lowest BCUT2D eigenvalue weighted by Gasteiger charge is -2.04. The van der Waals surface area contributed by atoms with Gasteiger partial charge in [-0.2, -0.15) is 0 Å². The number of esters is 1. The smallest absolute Gasteiger partial charge is 0.312 e. The number of hydrogen-bond acceptors (Lipinski definition) is 4. The van der Waals surface area contributed by atoms with E-state index in [0.717, 1.165) is 6.42 Å². The number of primary amides is 1. The van der Waals surface area contributed by atoms with Crippen molar-refractivity contribution in [2.24, 2.45) is 11.7 Å². The molecular weight excluding hydrogens is 264 g/mol. The summed E-state index contributed by atoms with van der Waals surface area (Å²) in [5.74, 6) is 0.229. The van der Waals surface area contributed by atoms with Crippen LogP contribution in [0.1, 0.15) is 28.5 Å². The lowest BCUT2D eigenvalue weighted by Crippen LogP contribution is -2.30. The summed E-state index contributed by atoms with van der Waals surface area (Å²) in [5, 5.41) is 2.45. The highest BCUT2D eigenvalue weighted by Gasteiger charge is 2.45. The van der Waals surface area contributed by atoms with E-state index in [1.54, 1.807) is 11.3 Å². The van der Waals surface area contributed by atoms with Gasteiger partial charge in [0.1, 0.15) is 0 Å². The third-order valence-electron chi connectivity index (χ3n) is 3.08. The molecule has 1 aromatic heterocycles. The number of aryl methyl sites for hydroxylation is 1. The van der Waals surface area contributed by atoms with Gasteiger partial charge in [0, 0.05) is 22.2 Å². The molecule has 2 rings (SSSR count). The van der Waals surface area contributed by atoms with Crippen LogP contribution in [0.15, 0.2) is 12.1 Å². The SMILES string of the molecule is Cc1ccc([C@H]2C[C@H]2C(=O)OCCCNC(N)=O)s1. The molecule has 5 nitrogen and oxygen atoms in total. The molecule has 3 N–H and O–H groups in total. The average molecular weight is 282 g/mol. The van der Waals surface area contributed by atoms with E-state index in [-0.39, 0.29) is 11.9 Å². The number of carbonyl (C=O) groups is 2. The van der Waals surface area contributed by atoms with Gasteiger partial charge < -0.3 is 15.8 Å². The normalized spacial score (nSPS) is 20.9. The minimum atomic E-state index is -0.554. The Bertz CT molecular complexity index is 472. The quantitative estimate of drug-likeness (QED) is 0.616. The average Bonchev–Trinajstić information content (AvgIpc) is 3.04. The molecule has 0 bridgehead atoms. The fourth-order valence-electron chi connectivity index (χ4n) is 1.99. The van der Waals surface area contributed by atoms with Gasteiger partial charge in [-0.05, 0) is 31.9 Å². The molecule has 0 spiro atoms. The molecule has 1 aliphatic carbocycles. The fraction of sp³-hybridized carbons (Fsp3) is 0.538. The molecule has 0 aliphatic heterocycles. The lowest BCUT2D eigenvalue weighted by atomic mass is 10.2. The maximum Gasteiger partial charge on any atom is 0.312 e. The summed E-state index contributed by atoms with van der Waals surface area (Å²) in [6, 6.07) is 3.62. The first-order valence-corrected chi connectivity index (χ1v) is 7.16.